The number of rotatable bonds is 3. The Hall–Kier alpha value is -0.250. The normalized spacial score (nSPS) is 20.3. The third-order valence-corrected chi connectivity index (χ3v) is 4.20. The van der Waals surface area contributed by atoms with Gasteiger partial charge in [-0.1, -0.05) is 11.6 Å². The highest BCUT2D eigenvalue weighted by Gasteiger charge is 2.16. The van der Waals surface area contributed by atoms with E-state index in [1.165, 1.54) is 18.4 Å². The molecule has 1 unspecified atom stereocenters. The van der Waals surface area contributed by atoms with Gasteiger partial charge in [-0.2, -0.15) is 0 Å². The number of halogens is 2. The highest BCUT2D eigenvalue weighted by Crippen LogP contribution is 2.33. The van der Waals surface area contributed by atoms with Gasteiger partial charge in [0, 0.05) is 11.1 Å². The van der Waals surface area contributed by atoms with Crippen LogP contribution in [0, 0.1) is 5.92 Å². The Morgan fingerprint density at radius 3 is 3.00 bits per heavy atom. The molecule has 0 saturated carbocycles. The zero-order valence-electron chi connectivity index (χ0n) is 9.93. The van der Waals surface area contributed by atoms with E-state index < -0.39 is 0 Å². The molecule has 17 heavy (non-hydrogen) atoms. The van der Waals surface area contributed by atoms with Crippen molar-refractivity contribution in [1.29, 1.82) is 0 Å². The molecular weight excluding hydrogens is 302 g/mol. The summed E-state index contributed by atoms with van der Waals surface area (Å²) in [5, 5.41) is 4.23. The number of nitrogens with one attached hydrogen (secondary N) is 1. The second-order valence-corrected chi connectivity index (χ2v) is 5.76. The summed E-state index contributed by atoms with van der Waals surface area (Å²) < 4.78 is 6.20. The van der Waals surface area contributed by atoms with Crippen molar-refractivity contribution in [3.63, 3.8) is 0 Å². The van der Waals surface area contributed by atoms with Gasteiger partial charge < -0.3 is 10.1 Å². The smallest absolute Gasteiger partial charge is 0.134 e. The van der Waals surface area contributed by atoms with Gasteiger partial charge in [-0.15, -0.1) is 0 Å². The van der Waals surface area contributed by atoms with Gasteiger partial charge in [0.25, 0.3) is 0 Å². The molecule has 1 saturated heterocycles. The molecule has 94 valence electrons. The van der Waals surface area contributed by atoms with Crippen molar-refractivity contribution in [3.8, 4) is 5.75 Å². The lowest BCUT2D eigenvalue weighted by atomic mass is 9.92. The summed E-state index contributed by atoms with van der Waals surface area (Å²) in [4.78, 5) is 0. The molecule has 1 aliphatic rings. The van der Waals surface area contributed by atoms with E-state index >= 15 is 0 Å². The van der Waals surface area contributed by atoms with E-state index in [2.05, 4.69) is 27.3 Å². The molecule has 0 radical (unpaired) electrons. The van der Waals surface area contributed by atoms with Crippen LogP contribution in [0.2, 0.25) is 5.02 Å². The minimum atomic E-state index is 0.696. The molecule has 1 aliphatic heterocycles. The zero-order chi connectivity index (χ0) is 12.3. The van der Waals surface area contributed by atoms with Crippen LogP contribution in [0.3, 0.4) is 0 Å². The quantitative estimate of drug-likeness (QED) is 0.918. The molecule has 4 heteroatoms. The molecule has 1 aromatic carbocycles. The first-order chi connectivity index (χ1) is 8.20. The summed E-state index contributed by atoms with van der Waals surface area (Å²) in [6.45, 7) is 2.25. The highest BCUT2D eigenvalue weighted by atomic mass is 79.9. The molecule has 1 N–H and O–H groups in total. The van der Waals surface area contributed by atoms with Crippen molar-refractivity contribution in [2.24, 2.45) is 5.92 Å². The summed E-state index contributed by atoms with van der Waals surface area (Å²) in [6, 6.07) is 3.97. The maximum atomic E-state index is 6.28. The lowest BCUT2D eigenvalue weighted by Gasteiger charge is -2.23. The number of piperidine rings is 1. The van der Waals surface area contributed by atoms with Gasteiger partial charge in [0.05, 0.1) is 11.6 Å². The SMILES string of the molecule is COc1cc(Cl)c(CC2CCCNC2)cc1Br. The molecule has 0 amide bonds. The second-order valence-electron chi connectivity index (χ2n) is 4.49. The Morgan fingerprint density at radius 1 is 1.53 bits per heavy atom. The van der Waals surface area contributed by atoms with Crippen LogP contribution >= 0.6 is 27.5 Å². The maximum Gasteiger partial charge on any atom is 0.134 e. The van der Waals surface area contributed by atoms with E-state index in [9.17, 15) is 0 Å². The fourth-order valence-corrected chi connectivity index (χ4v) is 3.08. The molecule has 1 heterocycles. The third kappa shape index (κ3) is 3.36. The standard InChI is InChI=1S/C13H17BrClNO/c1-17-13-7-12(15)10(6-11(13)14)5-9-3-2-4-16-8-9/h6-7,9,16H,2-5,8H2,1H3. The van der Waals surface area contributed by atoms with Crippen molar-refractivity contribution in [2.75, 3.05) is 20.2 Å². The molecule has 0 aromatic heterocycles. The first-order valence-electron chi connectivity index (χ1n) is 5.93. The van der Waals surface area contributed by atoms with E-state index in [1.807, 2.05) is 6.07 Å². The van der Waals surface area contributed by atoms with Gasteiger partial charge in [0.1, 0.15) is 5.75 Å². The van der Waals surface area contributed by atoms with Crippen LogP contribution in [0.5, 0.6) is 5.75 Å². The van der Waals surface area contributed by atoms with Crippen molar-refractivity contribution in [3.05, 3.63) is 27.2 Å². The predicted octanol–water partition coefficient (Wildman–Crippen LogP) is 3.65. The topological polar surface area (TPSA) is 21.3 Å². The second kappa shape index (κ2) is 6.07. The fraction of sp³-hybridized carbons (Fsp3) is 0.538. The predicted molar refractivity (Wildman–Crippen MR) is 75.0 cm³/mol. The minimum absolute atomic E-state index is 0.696. The number of ether oxygens (including phenoxy) is 1. The Labute approximate surface area is 116 Å². The van der Waals surface area contributed by atoms with Crippen LogP contribution in [0.1, 0.15) is 18.4 Å². The Kier molecular flexibility index (Phi) is 4.71. The Morgan fingerprint density at radius 2 is 2.35 bits per heavy atom. The summed E-state index contributed by atoms with van der Waals surface area (Å²) in [6.07, 6.45) is 3.58. The molecule has 1 aromatic rings. The largest absolute Gasteiger partial charge is 0.496 e. The lowest BCUT2D eigenvalue weighted by Crippen LogP contribution is -2.30. The third-order valence-electron chi connectivity index (χ3n) is 3.23. The molecular formula is C13H17BrClNO. The molecule has 0 aliphatic carbocycles. The number of methoxy groups -OCH3 is 1. The monoisotopic (exact) mass is 317 g/mol. The van der Waals surface area contributed by atoms with Crippen LogP contribution in [-0.2, 0) is 6.42 Å². The van der Waals surface area contributed by atoms with Crippen LogP contribution in [-0.4, -0.2) is 20.2 Å². The lowest BCUT2D eigenvalue weighted by molar-refractivity contribution is 0.375. The van der Waals surface area contributed by atoms with Gasteiger partial charge in [0.2, 0.25) is 0 Å². The van der Waals surface area contributed by atoms with E-state index in [-0.39, 0.29) is 0 Å². The van der Waals surface area contributed by atoms with Crippen LogP contribution in [0.15, 0.2) is 16.6 Å². The molecule has 1 atom stereocenters. The van der Waals surface area contributed by atoms with Gasteiger partial charge in [0.15, 0.2) is 0 Å². The number of benzene rings is 1. The first kappa shape index (κ1) is 13.2. The Bertz CT molecular complexity index is 391. The average molecular weight is 319 g/mol. The molecule has 0 bridgehead atoms. The van der Waals surface area contributed by atoms with Gasteiger partial charge in [-0.25, -0.2) is 0 Å². The molecule has 1 fully saturated rings. The maximum absolute atomic E-state index is 6.28. The summed E-state index contributed by atoms with van der Waals surface area (Å²) in [5.74, 6) is 1.49. The van der Waals surface area contributed by atoms with Crippen molar-refractivity contribution in [1.82, 2.24) is 5.32 Å². The average Bonchev–Trinajstić information content (AvgIpc) is 2.34. The minimum Gasteiger partial charge on any atom is -0.496 e. The van der Waals surface area contributed by atoms with Crippen LogP contribution in [0.4, 0.5) is 0 Å². The van der Waals surface area contributed by atoms with Crippen LogP contribution in [0.25, 0.3) is 0 Å². The van der Waals surface area contributed by atoms with Crippen LogP contribution < -0.4 is 10.1 Å². The fourth-order valence-electron chi connectivity index (χ4n) is 2.29. The molecule has 2 rings (SSSR count). The molecule has 2 nitrogen and oxygen atoms in total. The summed E-state index contributed by atoms with van der Waals surface area (Å²) in [5.41, 5.74) is 1.20. The molecule has 0 spiro atoms. The zero-order valence-corrected chi connectivity index (χ0v) is 12.3. The highest BCUT2D eigenvalue weighted by molar-refractivity contribution is 9.10. The Balaban J connectivity index is 2.12. The number of hydrogen-bond acceptors (Lipinski definition) is 2. The van der Waals surface area contributed by atoms with E-state index in [1.54, 1.807) is 7.11 Å². The van der Waals surface area contributed by atoms with Crippen molar-refractivity contribution < 1.29 is 4.74 Å². The van der Waals surface area contributed by atoms with Gasteiger partial charge in [-0.3, -0.25) is 0 Å². The van der Waals surface area contributed by atoms with Crippen molar-refractivity contribution in [2.45, 2.75) is 19.3 Å². The van der Waals surface area contributed by atoms with Gasteiger partial charge in [-0.05, 0) is 65.8 Å². The summed E-state index contributed by atoms with van der Waals surface area (Å²) in [7, 11) is 1.65. The van der Waals surface area contributed by atoms with E-state index in [0.717, 1.165) is 34.8 Å². The number of hydrogen-bond donors (Lipinski definition) is 1. The van der Waals surface area contributed by atoms with E-state index in [4.69, 9.17) is 16.3 Å². The summed E-state index contributed by atoms with van der Waals surface area (Å²) >= 11 is 9.79. The van der Waals surface area contributed by atoms with Gasteiger partial charge >= 0.3 is 0 Å². The van der Waals surface area contributed by atoms with Crippen molar-refractivity contribution >= 4 is 27.5 Å². The first-order valence-corrected chi connectivity index (χ1v) is 7.10. The van der Waals surface area contributed by atoms with E-state index in [0.29, 0.717) is 5.92 Å².